The van der Waals surface area contributed by atoms with E-state index in [4.69, 9.17) is 0 Å². The first kappa shape index (κ1) is 16.2. The molecule has 0 saturated heterocycles. The van der Waals surface area contributed by atoms with E-state index in [1.165, 1.54) is 0 Å². The van der Waals surface area contributed by atoms with Crippen LogP contribution in [0.3, 0.4) is 0 Å². The summed E-state index contributed by atoms with van der Waals surface area (Å²) in [6, 6.07) is 2.54. The van der Waals surface area contributed by atoms with Crippen molar-refractivity contribution in [3.8, 4) is 0 Å². The van der Waals surface area contributed by atoms with Crippen LogP contribution in [0.25, 0.3) is 0 Å². The van der Waals surface area contributed by atoms with Crippen LogP contribution in [0.4, 0.5) is 24.5 Å². The predicted octanol–water partition coefficient (Wildman–Crippen LogP) is 2.98. The average Bonchev–Trinajstić information content (AvgIpc) is 2.34. The summed E-state index contributed by atoms with van der Waals surface area (Å²) in [6.07, 6.45) is -4.60. The number of nitrogens with one attached hydrogen (secondary N) is 1. The SMILES string of the molecule is CC(CNc1ccc(C(F)(F)F)cc1[N+](=O)[O-])N(C)C. The molecule has 0 aliphatic carbocycles. The minimum atomic E-state index is -4.60. The van der Waals surface area contributed by atoms with E-state index in [1.807, 2.05) is 25.9 Å². The predicted molar refractivity (Wildman–Crippen MR) is 69.7 cm³/mol. The smallest absolute Gasteiger partial charge is 0.378 e. The number of halogens is 3. The molecule has 0 aliphatic heterocycles. The van der Waals surface area contributed by atoms with Crippen LogP contribution >= 0.6 is 0 Å². The van der Waals surface area contributed by atoms with Crippen molar-refractivity contribution in [2.24, 2.45) is 0 Å². The molecule has 112 valence electrons. The third-order valence-corrected chi connectivity index (χ3v) is 2.99. The van der Waals surface area contributed by atoms with Crippen molar-refractivity contribution < 1.29 is 18.1 Å². The molecule has 0 aliphatic rings. The van der Waals surface area contributed by atoms with Gasteiger partial charge in [-0.25, -0.2) is 0 Å². The summed E-state index contributed by atoms with van der Waals surface area (Å²) in [4.78, 5) is 11.9. The summed E-state index contributed by atoms with van der Waals surface area (Å²) in [5.74, 6) is 0. The van der Waals surface area contributed by atoms with Crippen LogP contribution in [-0.2, 0) is 6.18 Å². The van der Waals surface area contributed by atoms with Crippen LogP contribution in [0.15, 0.2) is 18.2 Å². The lowest BCUT2D eigenvalue weighted by molar-refractivity contribution is -0.384. The number of nitro benzene ring substituents is 1. The largest absolute Gasteiger partial charge is 0.416 e. The van der Waals surface area contributed by atoms with Gasteiger partial charge in [-0.15, -0.1) is 0 Å². The highest BCUT2D eigenvalue weighted by molar-refractivity contribution is 5.63. The monoisotopic (exact) mass is 291 g/mol. The number of benzene rings is 1. The quantitative estimate of drug-likeness (QED) is 0.669. The number of anilines is 1. The van der Waals surface area contributed by atoms with Gasteiger partial charge in [0.2, 0.25) is 0 Å². The molecule has 8 heteroatoms. The summed E-state index contributed by atoms with van der Waals surface area (Å²) in [7, 11) is 3.68. The molecule has 1 atom stereocenters. The molecule has 0 spiro atoms. The molecular weight excluding hydrogens is 275 g/mol. The van der Waals surface area contributed by atoms with Crippen molar-refractivity contribution in [1.29, 1.82) is 0 Å². The molecular formula is C12H16F3N3O2. The Bertz CT molecular complexity index is 489. The van der Waals surface area contributed by atoms with E-state index >= 15 is 0 Å². The van der Waals surface area contributed by atoms with Crippen molar-refractivity contribution in [2.45, 2.75) is 19.1 Å². The molecule has 0 aromatic heterocycles. The highest BCUT2D eigenvalue weighted by Gasteiger charge is 2.33. The number of nitrogens with zero attached hydrogens (tertiary/aromatic N) is 2. The van der Waals surface area contributed by atoms with Crippen molar-refractivity contribution in [3.05, 3.63) is 33.9 Å². The van der Waals surface area contributed by atoms with E-state index in [9.17, 15) is 23.3 Å². The molecule has 0 heterocycles. The van der Waals surface area contributed by atoms with E-state index in [0.29, 0.717) is 12.6 Å². The topological polar surface area (TPSA) is 58.4 Å². The zero-order valence-electron chi connectivity index (χ0n) is 11.4. The fraction of sp³-hybridized carbons (Fsp3) is 0.500. The number of rotatable bonds is 5. The molecule has 0 bridgehead atoms. The molecule has 1 rings (SSSR count). The van der Waals surface area contributed by atoms with Gasteiger partial charge >= 0.3 is 6.18 Å². The van der Waals surface area contributed by atoms with Gasteiger partial charge in [0.15, 0.2) is 0 Å². The van der Waals surface area contributed by atoms with Gasteiger partial charge in [0.25, 0.3) is 5.69 Å². The van der Waals surface area contributed by atoms with Gasteiger partial charge < -0.3 is 10.2 Å². The van der Waals surface area contributed by atoms with Crippen LogP contribution in [0.5, 0.6) is 0 Å². The molecule has 0 fully saturated rings. The van der Waals surface area contributed by atoms with Gasteiger partial charge in [0.05, 0.1) is 10.5 Å². The van der Waals surface area contributed by atoms with Gasteiger partial charge in [-0.3, -0.25) is 10.1 Å². The first-order valence-corrected chi connectivity index (χ1v) is 5.89. The Morgan fingerprint density at radius 3 is 2.45 bits per heavy atom. The Labute approximate surface area is 114 Å². The van der Waals surface area contributed by atoms with Crippen LogP contribution in [0.1, 0.15) is 12.5 Å². The molecule has 1 unspecified atom stereocenters. The Morgan fingerprint density at radius 1 is 1.40 bits per heavy atom. The van der Waals surface area contributed by atoms with E-state index < -0.39 is 22.4 Å². The van der Waals surface area contributed by atoms with E-state index in [0.717, 1.165) is 12.1 Å². The van der Waals surface area contributed by atoms with Crippen LogP contribution in [0.2, 0.25) is 0 Å². The third-order valence-electron chi connectivity index (χ3n) is 2.99. The summed E-state index contributed by atoms with van der Waals surface area (Å²) in [6.45, 7) is 2.28. The summed E-state index contributed by atoms with van der Waals surface area (Å²) < 4.78 is 37.6. The second-order valence-corrected chi connectivity index (χ2v) is 4.68. The van der Waals surface area contributed by atoms with E-state index in [1.54, 1.807) is 0 Å². The standard InChI is InChI=1S/C12H16F3N3O2/c1-8(17(2)3)7-16-10-5-4-9(12(13,14)15)6-11(10)18(19)20/h4-6,8,16H,7H2,1-3H3. The minimum Gasteiger partial charge on any atom is -0.378 e. The molecule has 0 saturated carbocycles. The molecule has 20 heavy (non-hydrogen) atoms. The molecule has 1 aromatic carbocycles. The Balaban J connectivity index is 3.00. The number of hydrogen-bond acceptors (Lipinski definition) is 4. The highest BCUT2D eigenvalue weighted by atomic mass is 19.4. The van der Waals surface area contributed by atoms with Gasteiger partial charge in [-0.2, -0.15) is 13.2 Å². The number of hydrogen-bond donors (Lipinski definition) is 1. The van der Waals surface area contributed by atoms with Gasteiger partial charge in [0.1, 0.15) is 5.69 Å². The molecule has 1 N–H and O–H groups in total. The van der Waals surface area contributed by atoms with Crippen LogP contribution in [-0.4, -0.2) is 36.5 Å². The summed E-state index contributed by atoms with van der Waals surface area (Å²) in [5.41, 5.74) is -1.53. The third kappa shape index (κ3) is 4.09. The normalized spacial score (nSPS) is 13.3. The Kier molecular flexibility index (Phi) is 4.93. The average molecular weight is 291 g/mol. The first-order valence-electron chi connectivity index (χ1n) is 5.89. The lowest BCUT2D eigenvalue weighted by Gasteiger charge is -2.20. The maximum atomic E-state index is 12.5. The van der Waals surface area contributed by atoms with Gasteiger partial charge in [-0.05, 0) is 33.2 Å². The lowest BCUT2D eigenvalue weighted by atomic mass is 10.1. The zero-order chi connectivity index (χ0) is 15.5. The van der Waals surface area contributed by atoms with Gasteiger partial charge in [-0.1, -0.05) is 0 Å². The Morgan fingerprint density at radius 2 is 2.00 bits per heavy atom. The fourth-order valence-corrected chi connectivity index (χ4v) is 1.45. The van der Waals surface area contributed by atoms with Crippen molar-refractivity contribution in [3.63, 3.8) is 0 Å². The summed E-state index contributed by atoms with van der Waals surface area (Å²) >= 11 is 0. The molecule has 0 amide bonds. The second kappa shape index (κ2) is 6.08. The summed E-state index contributed by atoms with van der Waals surface area (Å²) in [5, 5.41) is 13.7. The maximum Gasteiger partial charge on any atom is 0.416 e. The Hall–Kier alpha value is -1.83. The molecule has 1 aromatic rings. The molecule has 5 nitrogen and oxygen atoms in total. The number of alkyl halides is 3. The lowest BCUT2D eigenvalue weighted by Crippen LogP contribution is -2.31. The number of nitro groups is 1. The maximum absolute atomic E-state index is 12.5. The first-order chi connectivity index (χ1) is 9.12. The minimum absolute atomic E-state index is 0.0803. The van der Waals surface area contributed by atoms with Crippen molar-refractivity contribution >= 4 is 11.4 Å². The highest BCUT2D eigenvalue weighted by Crippen LogP contribution is 2.34. The molecule has 0 radical (unpaired) electrons. The van der Waals surface area contributed by atoms with Crippen molar-refractivity contribution in [2.75, 3.05) is 26.0 Å². The second-order valence-electron chi connectivity index (χ2n) is 4.68. The number of likely N-dealkylation sites (N-methyl/N-ethyl adjacent to an activating group) is 1. The fourth-order valence-electron chi connectivity index (χ4n) is 1.45. The van der Waals surface area contributed by atoms with Gasteiger partial charge in [0, 0.05) is 18.7 Å². The van der Waals surface area contributed by atoms with Crippen LogP contribution < -0.4 is 5.32 Å². The zero-order valence-corrected chi connectivity index (χ0v) is 11.4. The van der Waals surface area contributed by atoms with E-state index in [-0.39, 0.29) is 11.7 Å². The van der Waals surface area contributed by atoms with Crippen LogP contribution in [0, 0.1) is 10.1 Å². The van der Waals surface area contributed by atoms with Crippen molar-refractivity contribution in [1.82, 2.24) is 4.90 Å². The van der Waals surface area contributed by atoms with E-state index in [2.05, 4.69) is 5.32 Å².